The van der Waals surface area contributed by atoms with E-state index in [0.717, 1.165) is 4.31 Å². The first-order valence-electron chi connectivity index (χ1n) is 4.41. The molecule has 2 N–H and O–H groups in total. The third-order valence-corrected chi connectivity index (χ3v) is 3.14. The maximum atomic E-state index is 11.2. The van der Waals surface area contributed by atoms with E-state index in [4.69, 9.17) is 9.88 Å². The molecule has 2 heterocycles. The van der Waals surface area contributed by atoms with Crippen molar-refractivity contribution in [2.45, 2.75) is 6.23 Å². The Kier molecular flexibility index (Phi) is 2.70. The molecule has 6 nitrogen and oxygen atoms in total. The molecular formula is C8H11N3O3S. The van der Waals surface area contributed by atoms with Crippen molar-refractivity contribution in [3.63, 3.8) is 0 Å². The van der Waals surface area contributed by atoms with Crippen LogP contribution in [0.4, 0.5) is 0 Å². The van der Waals surface area contributed by atoms with Crippen molar-refractivity contribution in [2.24, 2.45) is 5.14 Å². The minimum Gasteiger partial charge on any atom is -0.355 e. The maximum Gasteiger partial charge on any atom is 0.279 e. The first-order chi connectivity index (χ1) is 7.09. The van der Waals surface area contributed by atoms with Crippen LogP contribution in [0.2, 0.25) is 0 Å². The van der Waals surface area contributed by atoms with Gasteiger partial charge in [0.05, 0.1) is 12.3 Å². The molecule has 15 heavy (non-hydrogen) atoms. The van der Waals surface area contributed by atoms with Gasteiger partial charge in [-0.25, -0.2) is 5.14 Å². The van der Waals surface area contributed by atoms with Gasteiger partial charge < -0.3 is 4.74 Å². The number of nitrogens with two attached hydrogens (primary N) is 1. The Balaban J connectivity index is 2.30. The Morgan fingerprint density at radius 2 is 2.33 bits per heavy atom. The normalized spacial score (nSPS) is 23.1. The molecule has 0 amide bonds. The van der Waals surface area contributed by atoms with E-state index in [2.05, 4.69) is 4.98 Å². The Morgan fingerprint density at radius 1 is 1.53 bits per heavy atom. The van der Waals surface area contributed by atoms with E-state index in [0.29, 0.717) is 12.3 Å². The van der Waals surface area contributed by atoms with Crippen LogP contribution in [0.15, 0.2) is 24.4 Å². The topological polar surface area (TPSA) is 85.5 Å². The van der Waals surface area contributed by atoms with Gasteiger partial charge in [0, 0.05) is 12.7 Å². The molecule has 1 unspecified atom stereocenters. The summed E-state index contributed by atoms with van der Waals surface area (Å²) >= 11 is 0. The first kappa shape index (κ1) is 10.5. The number of rotatable bonds is 2. The van der Waals surface area contributed by atoms with Gasteiger partial charge >= 0.3 is 0 Å². The Hall–Kier alpha value is -1.02. The summed E-state index contributed by atoms with van der Waals surface area (Å²) in [7, 11) is -3.73. The standard InChI is InChI=1S/C8H11N3O3S/c9-15(12,13)11-5-6-14-8(11)7-3-1-2-4-10-7/h1-4,8H,5-6H2,(H2,9,12,13). The summed E-state index contributed by atoms with van der Waals surface area (Å²) in [5.41, 5.74) is 0.545. The smallest absolute Gasteiger partial charge is 0.279 e. The number of hydrogen-bond donors (Lipinski definition) is 1. The first-order valence-corrected chi connectivity index (χ1v) is 5.91. The Morgan fingerprint density at radius 3 is 2.93 bits per heavy atom. The molecule has 0 aromatic carbocycles. The third kappa shape index (κ3) is 2.15. The highest BCUT2D eigenvalue weighted by molar-refractivity contribution is 7.86. The van der Waals surface area contributed by atoms with Crippen LogP contribution in [0, 0.1) is 0 Å². The minimum atomic E-state index is -3.73. The lowest BCUT2D eigenvalue weighted by Crippen LogP contribution is -2.36. The predicted molar refractivity (Wildman–Crippen MR) is 52.7 cm³/mol. The monoisotopic (exact) mass is 229 g/mol. The maximum absolute atomic E-state index is 11.2. The van der Waals surface area contributed by atoms with Crippen molar-refractivity contribution in [3.05, 3.63) is 30.1 Å². The van der Waals surface area contributed by atoms with E-state index in [1.165, 1.54) is 0 Å². The molecule has 2 rings (SSSR count). The Bertz CT molecular complexity index is 434. The zero-order valence-corrected chi connectivity index (χ0v) is 8.72. The van der Waals surface area contributed by atoms with Crippen LogP contribution < -0.4 is 5.14 Å². The zero-order chi connectivity index (χ0) is 10.9. The highest BCUT2D eigenvalue weighted by Crippen LogP contribution is 2.26. The van der Waals surface area contributed by atoms with Gasteiger partial charge in [-0.15, -0.1) is 0 Å². The molecule has 1 fully saturated rings. The largest absolute Gasteiger partial charge is 0.355 e. The second kappa shape index (κ2) is 3.86. The van der Waals surface area contributed by atoms with Crippen LogP contribution in [0.1, 0.15) is 11.9 Å². The van der Waals surface area contributed by atoms with E-state index in [9.17, 15) is 8.42 Å². The van der Waals surface area contributed by atoms with Gasteiger partial charge in [-0.2, -0.15) is 12.7 Å². The summed E-state index contributed by atoms with van der Waals surface area (Å²) in [6, 6.07) is 5.22. The fraction of sp³-hybridized carbons (Fsp3) is 0.375. The molecule has 0 radical (unpaired) electrons. The van der Waals surface area contributed by atoms with Crippen molar-refractivity contribution in [2.75, 3.05) is 13.2 Å². The van der Waals surface area contributed by atoms with Crippen LogP contribution in [-0.4, -0.2) is 30.9 Å². The minimum absolute atomic E-state index is 0.264. The van der Waals surface area contributed by atoms with E-state index in [1.54, 1.807) is 24.4 Å². The lowest BCUT2D eigenvalue weighted by molar-refractivity contribution is 0.0647. The van der Waals surface area contributed by atoms with Crippen LogP contribution in [0.5, 0.6) is 0 Å². The number of hydrogen-bond acceptors (Lipinski definition) is 4. The highest BCUT2D eigenvalue weighted by Gasteiger charge is 2.34. The lowest BCUT2D eigenvalue weighted by atomic mass is 10.3. The van der Waals surface area contributed by atoms with Crippen LogP contribution >= 0.6 is 0 Å². The number of aromatic nitrogens is 1. The summed E-state index contributed by atoms with van der Waals surface area (Å²) in [4.78, 5) is 4.04. The number of nitrogens with zero attached hydrogens (tertiary/aromatic N) is 2. The van der Waals surface area contributed by atoms with Gasteiger partial charge in [0.15, 0.2) is 6.23 Å². The SMILES string of the molecule is NS(=O)(=O)N1CCOC1c1ccccn1. The van der Waals surface area contributed by atoms with Gasteiger partial charge in [-0.05, 0) is 12.1 Å². The second-order valence-electron chi connectivity index (χ2n) is 3.13. The molecule has 0 saturated carbocycles. The highest BCUT2D eigenvalue weighted by atomic mass is 32.2. The number of pyridine rings is 1. The fourth-order valence-corrected chi connectivity index (χ4v) is 2.24. The summed E-state index contributed by atoms with van der Waals surface area (Å²) in [5.74, 6) is 0. The van der Waals surface area contributed by atoms with Crippen LogP contribution in [0.25, 0.3) is 0 Å². The van der Waals surface area contributed by atoms with E-state index >= 15 is 0 Å². The van der Waals surface area contributed by atoms with Gasteiger partial charge in [0.1, 0.15) is 0 Å². The van der Waals surface area contributed by atoms with Crippen LogP contribution in [0.3, 0.4) is 0 Å². The van der Waals surface area contributed by atoms with Crippen molar-refractivity contribution in [3.8, 4) is 0 Å². The molecule has 1 aromatic heterocycles. The molecule has 1 aliphatic rings. The predicted octanol–water partition coefficient (Wildman–Crippen LogP) is -0.384. The zero-order valence-electron chi connectivity index (χ0n) is 7.91. The fourth-order valence-electron chi connectivity index (χ4n) is 1.47. The van der Waals surface area contributed by atoms with E-state index < -0.39 is 16.4 Å². The molecule has 82 valence electrons. The van der Waals surface area contributed by atoms with Gasteiger partial charge in [0.2, 0.25) is 0 Å². The Labute approximate surface area is 87.8 Å². The summed E-state index contributed by atoms with van der Waals surface area (Å²) < 4.78 is 28.8. The molecule has 0 aliphatic carbocycles. The van der Waals surface area contributed by atoms with Gasteiger partial charge in [-0.1, -0.05) is 6.07 Å². The van der Waals surface area contributed by atoms with Crippen molar-refractivity contribution in [1.82, 2.24) is 9.29 Å². The molecule has 1 atom stereocenters. The molecule has 1 aliphatic heterocycles. The van der Waals surface area contributed by atoms with Crippen molar-refractivity contribution in [1.29, 1.82) is 0 Å². The summed E-state index contributed by atoms with van der Waals surface area (Å²) in [5, 5.41) is 5.06. The summed E-state index contributed by atoms with van der Waals surface area (Å²) in [6.45, 7) is 0.595. The molecule has 0 bridgehead atoms. The van der Waals surface area contributed by atoms with Gasteiger partial charge in [-0.3, -0.25) is 4.98 Å². The molecule has 0 spiro atoms. The second-order valence-corrected chi connectivity index (χ2v) is 4.63. The molecule has 7 heteroatoms. The average molecular weight is 229 g/mol. The molecule has 1 saturated heterocycles. The lowest BCUT2D eigenvalue weighted by Gasteiger charge is -2.19. The third-order valence-electron chi connectivity index (χ3n) is 2.12. The molecule has 1 aromatic rings. The quantitative estimate of drug-likeness (QED) is 0.748. The van der Waals surface area contributed by atoms with E-state index in [1.807, 2.05) is 0 Å². The summed E-state index contributed by atoms with van der Waals surface area (Å²) in [6.07, 6.45) is 0.888. The average Bonchev–Trinajstić information content (AvgIpc) is 2.67. The number of ether oxygens (including phenoxy) is 1. The van der Waals surface area contributed by atoms with Crippen molar-refractivity contribution < 1.29 is 13.2 Å². The van der Waals surface area contributed by atoms with Crippen LogP contribution in [-0.2, 0) is 14.9 Å². The van der Waals surface area contributed by atoms with Gasteiger partial charge in [0.25, 0.3) is 10.2 Å². The van der Waals surface area contributed by atoms with E-state index in [-0.39, 0.29) is 6.54 Å². The molecular weight excluding hydrogens is 218 g/mol. The van der Waals surface area contributed by atoms with Crippen molar-refractivity contribution >= 4 is 10.2 Å².